The van der Waals surface area contributed by atoms with Gasteiger partial charge in [-0.25, -0.2) is 18.4 Å². The topological polar surface area (TPSA) is 114 Å². The number of alkyl carbamates (subject to hydrolysis) is 1. The summed E-state index contributed by atoms with van der Waals surface area (Å²) in [6.45, 7) is 12.1. The van der Waals surface area contributed by atoms with Gasteiger partial charge in [0.2, 0.25) is 11.8 Å². The number of carbonyl (C=O) groups is 4. The summed E-state index contributed by atoms with van der Waals surface area (Å²) < 4.78 is 40.2. The van der Waals surface area contributed by atoms with Crippen molar-refractivity contribution in [1.29, 1.82) is 0 Å². The minimum absolute atomic E-state index is 0.0523. The molecule has 1 aliphatic rings. The summed E-state index contributed by atoms with van der Waals surface area (Å²) in [4.78, 5) is 56.6. The van der Waals surface area contributed by atoms with E-state index in [-0.39, 0.29) is 17.9 Å². The van der Waals surface area contributed by atoms with Crippen molar-refractivity contribution in [2.45, 2.75) is 97.5 Å². The first-order chi connectivity index (χ1) is 21.0. The summed E-state index contributed by atoms with van der Waals surface area (Å²) in [7, 11) is 1.16. The number of hydrogen-bond acceptors (Lipinski definition) is 6. The maximum atomic E-state index is 15.5. The Kier molecular flexibility index (Phi) is 11.7. The molecule has 0 saturated carbocycles. The summed E-state index contributed by atoms with van der Waals surface area (Å²) in [5.74, 6) is -5.03. The quantitative estimate of drug-likeness (QED) is 0.328. The second kappa shape index (κ2) is 14.8. The Labute approximate surface area is 264 Å². The van der Waals surface area contributed by atoms with E-state index in [1.54, 1.807) is 34.6 Å². The lowest BCUT2D eigenvalue weighted by Crippen LogP contribution is -2.60. The van der Waals surface area contributed by atoms with E-state index < -0.39 is 71.2 Å². The van der Waals surface area contributed by atoms with Crippen LogP contribution in [0.15, 0.2) is 42.5 Å². The largest absolute Gasteiger partial charge is 0.467 e. The Morgan fingerprint density at radius 3 is 2.04 bits per heavy atom. The van der Waals surface area contributed by atoms with Gasteiger partial charge in [-0.05, 0) is 82.9 Å². The molecule has 11 heteroatoms. The number of nitrogens with zero attached hydrogens (tertiary/aromatic N) is 1. The predicted octanol–water partition coefficient (Wildman–Crippen LogP) is 5.26. The van der Waals surface area contributed by atoms with E-state index in [0.717, 1.165) is 35.3 Å². The van der Waals surface area contributed by atoms with Gasteiger partial charge in [-0.15, -0.1) is 0 Å². The van der Waals surface area contributed by atoms with Gasteiger partial charge in [0.05, 0.1) is 7.11 Å². The Balaban J connectivity index is 2.26. The number of carbonyl (C=O) groups excluding carboxylic acids is 4. The fourth-order valence-corrected chi connectivity index (χ4v) is 5.68. The number of halogens is 2. The molecule has 0 bridgehead atoms. The first kappa shape index (κ1) is 35.5. The highest BCUT2D eigenvalue weighted by atomic mass is 19.1. The van der Waals surface area contributed by atoms with Crippen molar-refractivity contribution in [3.05, 3.63) is 70.8 Å². The fraction of sp³-hybridized carbons (Fsp3) is 0.529. The molecule has 0 saturated heterocycles. The van der Waals surface area contributed by atoms with Crippen LogP contribution in [0.25, 0.3) is 0 Å². The van der Waals surface area contributed by atoms with Gasteiger partial charge in [0.25, 0.3) is 0 Å². The molecule has 0 radical (unpaired) electrons. The Morgan fingerprint density at radius 1 is 0.956 bits per heavy atom. The molecule has 1 unspecified atom stereocenters. The average Bonchev–Trinajstić information content (AvgIpc) is 3.36. The van der Waals surface area contributed by atoms with E-state index in [2.05, 4.69) is 10.6 Å². The fourth-order valence-electron chi connectivity index (χ4n) is 5.68. The molecule has 0 aliphatic heterocycles. The van der Waals surface area contributed by atoms with Crippen LogP contribution in [0.4, 0.5) is 13.6 Å². The smallest absolute Gasteiger partial charge is 0.408 e. The molecule has 2 aromatic rings. The van der Waals surface area contributed by atoms with Crippen molar-refractivity contribution >= 4 is 23.9 Å². The van der Waals surface area contributed by atoms with Crippen molar-refractivity contribution in [2.24, 2.45) is 11.8 Å². The molecule has 2 aromatic carbocycles. The van der Waals surface area contributed by atoms with E-state index in [1.807, 2.05) is 38.1 Å². The van der Waals surface area contributed by atoms with Gasteiger partial charge in [0.15, 0.2) is 0 Å². The lowest BCUT2D eigenvalue weighted by atomic mass is 9.91. The Morgan fingerprint density at radius 2 is 1.56 bits per heavy atom. The number of methoxy groups -OCH3 is 1. The molecular weight excluding hydrogens is 584 g/mol. The SMILES string of the molecule is COC(=O)[C@@H](CC(C)C)N(C(=O)[C@H](NC(=O)OC(C)(C)C)C1Cc2ccccc2C1)C(C(=O)NC(C)C)c1ccc(F)cc1F. The second-order valence-corrected chi connectivity index (χ2v) is 13.2. The molecule has 2 N–H and O–H groups in total. The first-order valence-electron chi connectivity index (χ1n) is 15.2. The van der Waals surface area contributed by atoms with E-state index >= 15 is 4.39 Å². The van der Waals surface area contributed by atoms with Gasteiger partial charge >= 0.3 is 12.1 Å². The van der Waals surface area contributed by atoms with Crippen LogP contribution in [-0.2, 0) is 36.7 Å². The molecule has 0 spiro atoms. The zero-order chi connectivity index (χ0) is 33.6. The normalized spacial score (nSPS) is 15.2. The minimum atomic E-state index is -1.71. The molecule has 246 valence electrons. The summed E-state index contributed by atoms with van der Waals surface area (Å²) in [5.41, 5.74) is 0.775. The lowest BCUT2D eigenvalue weighted by molar-refractivity contribution is -0.159. The van der Waals surface area contributed by atoms with E-state index in [1.165, 1.54) is 0 Å². The molecule has 0 aromatic heterocycles. The third kappa shape index (κ3) is 9.25. The van der Waals surface area contributed by atoms with Gasteiger partial charge in [-0.3, -0.25) is 9.59 Å². The lowest BCUT2D eigenvalue weighted by Gasteiger charge is -2.40. The van der Waals surface area contributed by atoms with Crippen LogP contribution in [0.5, 0.6) is 0 Å². The van der Waals surface area contributed by atoms with E-state index in [4.69, 9.17) is 9.47 Å². The van der Waals surface area contributed by atoms with Crippen LogP contribution < -0.4 is 10.6 Å². The molecule has 3 rings (SSSR count). The highest BCUT2D eigenvalue weighted by molar-refractivity contribution is 5.95. The van der Waals surface area contributed by atoms with Gasteiger partial charge in [0, 0.05) is 17.7 Å². The number of hydrogen-bond donors (Lipinski definition) is 2. The van der Waals surface area contributed by atoms with Crippen LogP contribution in [0.1, 0.15) is 77.6 Å². The van der Waals surface area contributed by atoms with Gasteiger partial charge in [-0.1, -0.05) is 44.2 Å². The molecule has 45 heavy (non-hydrogen) atoms. The monoisotopic (exact) mass is 629 g/mol. The minimum Gasteiger partial charge on any atom is -0.467 e. The Hall–Kier alpha value is -4.02. The number of nitrogens with one attached hydrogen (secondary N) is 2. The van der Waals surface area contributed by atoms with Crippen molar-refractivity contribution < 1.29 is 37.4 Å². The maximum Gasteiger partial charge on any atom is 0.408 e. The van der Waals surface area contributed by atoms with Gasteiger partial charge in [-0.2, -0.15) is 0 Å². The summed E-state index contributed by atoms with van der Waals surface area (Å²) >= 11 is 0. The van der Waals surface area contributed by atoms with Crippen LogP contribution in [0, 0.1) is 23.5 Å². The summed E-state index contributed by atoms with van der Waals surface area (Å²) in [6.07, 6.45) is 0.0107. The van der Waals surface area contributed by atoms with E-state index in [0.29, 0.717) is 18.9 Å². The molecule has 3 amide bonds. The molecular formula is C34H45F2N3O6. The Bertz CT molecular complexity index is 1370. The average molecular weight is 630 g/mol. The number of rotatable bonds is 11. The third-order valence-electron chi connectivity index (χ3n) is 7.47. The summed E-state index contributed by atoms with van der Waals surface area (Å²) in [5, 5.41) is 5.44. The number of esters is 1. The van der Waals surface area contributed by atoms with E-state index in [9.17, 15) is 23.6 Å². The third-order valence-corrected chi connectivity index (χ3v) is 7.47. The van der Waals surface area contributed by atoms with Crippen molar-refractivity contribution in [3.63, 3.8) is 0 Å². The van der Waals surface area contributed by atoms with Gasteiger partial charge < -0.3 is 25.0 Å². The number of amides is 3. The number of benzene rings is 2. The standard InChI is InChI=1S/C34H45F2N3O6/c1-19(2)15-27(32(42)44-8)39(29(30(40)37-20(3)4)25-14-13-24(35)18-26(25)36)31(41)28(38-33(43)45-34(5,6)7)23-16-21-11-9-10-12-22(21)17-23/h9-14,18-20,23,27-29H,15-17H2,1-8H3,(H,37,40)(H,38,43)/t27-,28-,29?/m1/s1. The van der Waals surface area contributed by atoms with Crippen molar-refractivity contribution in [3.8, 4) is 0 Å². The van der Waals surface area contributed by atoms with Crippen molar-refractivity contribution in [2.75, 3.05) is 7.11 Å². The summed E-state index contributed by atoms with van der Waals surface area (Å²) in [6, 6.07) is 5.53. The van der Waals surface area contributed by atoms with Crippen LogP contribution in [0.2, 0.25) is 0 Å². The molecule has 3 atom stereocenters. The first-order valence-corrected chi connectivity index (χ1v) is 15.2. The molecule has 1 aliphatic carbocycles. The highest BCUT2D eigenvalue weighted by Gasteiger charge is 2.47. The van der Waals surface area contributed by atoms with Gasteiger partial charge in [0.1, 0.15) is 35.4 Å². The van der Waals surface area contributed by atoms with Crippen LogP contribution >= 0.6 is 0 Å². The van der Waals surface area contributed by atoms with Crippen molar-refractivity contribution in [1.82, 2.24) is 15.5 Å². The zero-order valence-corrected chi connectivity index (χ0v) is 27.3. The maximum absolute atomic E-state index is 15.5. The van der Waals surface area contributed by atoms with Crippen LogP contribution in [-0.4, -0.2) is 59.6 Å². The molecule has 0 fully saturated rings. The number of ether oxygens (including phenoxy) is 2. The molecule has 0 heterocycles. The predicted molar refractivity (Wildman–Crippen MR) is 165 cm³/mol. The zero-order valence-electron chi connectivity index (χ0n) is 27.3. The highest BCUT2D eigenvalue weighted by Crippen LogP contribution is 2.34. The second-order valence-electron chi connectivity index (χ2n) is 13.2. The van der Waals surface area contributed by atoms with Crippen LogP contribution in [0.3, 0.4) is 0 Å². The molecule has 9 nitrogen and oxygen atoms in total. The number of fused-ring (bicyclic) bond motifs is 1.